The lowest BCUT2D eigenvalue weighted by Crippen LogP contribution is -2.15. The van der Waals surface area contributed by atoms with Gasteiger partial charge in [-0.25, -0.2) is 0 Å². The molecule has 0 radical (unpaired) electrons. The molecule has 0 saturated heterocycles. The number of para-hydroxylation sites is 2. The highest BCUT2D eigenvalue weighted by Gasteiger charge is 2.04. The molecular weight excluding hydrogens is 248 g/mol. The largest absolute Gasteiger partial charge is 0.343 e. The van der Waals surface area contributed by atoms with Crippen LogP contribution in [0.4, 0.5) is 11.4 Å². The number of hydrogen-bond acceptors (Lipinski definition) is 2. The van der Waals surface area contributed by atoms with Gasteiger partial charge in [0, 0.05) is 12.1 Å². The predicted molar refractivity (Wildman–Crippen MR) is 90.2 cm³/mol. The molecule has 110 valence electrons. The lowest BCUT2D eigenvalue weighted by molar-refractivity contribution is 0.834. The minimum absolute atomic E-state index is 0.284. The Labute approximate surface area is 122 Å². The van der Waals surface area contributed by atoms with Gasteiger partial charge in [0.1, 0.15) is 0 Å². The summed E-state index contributed by atoms with van der Waals surface area (Å²) in [6, 6.07) is 8.64. The third kappa shape index (κ3) is 5.87. The van der Waals surface area contributed by atoms with Crippen LogP contribution in [0.2, 0.25) is 0 Å². The van der Waals surface area contributed by atoms with Gasteiger partial charge in [-0.05, 0) is 53.7 Å². The molecule has 4 heteroatoms. The summed E-state index contributed by atoms with van der Waals surface area (Å²) in [5, 5.41) is 6.67. The lowest BCUT2D eigenvalue weighted by atomic mass is 10.2. The molecule has 0 aliphatic rings. The van der Waals surface area contributed by atoms with Gasteiger partial charge >= 0.3 is 0 Å². The quantitative estimate of drug-likeness (QED) is 0.639. The van der Waals surface area contributed by atoms with Gasteiger partial charge in [-0.1, -0.05) is 12.1 Å². The lowest BCUT2D eigenvalue weighted by Gasteiger charge is -2.14. The molecule has 0 fully saturated rings. The van der Waals surface area contributed by atoms with E-state index in [2.05, 4.69) is 48.3 Å². The predicted octanol–water partition coefficient (Wildman–Crippen LogP) is 4.16. The third-order valence-corrected chi connectivity index (χ3v) is 2.46. The van der Waals surface area contributed by atoms with E-state index >= 15 is 0 Å². The van der Waals surface area contributed by atoms with Crippen LogP contribution in [0.1, 0.15) is 41.5 Å². The van der Waals surface area contributed by atoms with Crippen LogP contribution in [0, 0.1) is 0 Å². The van der Waals surface area contributed by atoms with Crippen molar-refractivity contribution >= 4 is 23.0 Å². The van der Waals surface area contributed by atoms with Crippen molar-refractivity contribution in [3.8, 4) is 0 Å². The average Bonchev–Trinajstić information content (AvgIpc) is 2.29. The third-order valence-electron chi connectivity index (χ3n) is 2.46. The van der Waals surface area contributed by atoms with E-state index in [0.29, 0.717) is 0 Å². The van der Waals surface area contributed by atoms with Crippen LogP contribution in [0.15, 0.2) is 34.3 Å². The molecule has 0 aliphatic carbocycles. The Kier molecular flexibility index (Phi) is 6.22. The monoisotopic (exact) mass is 274 g/mol. The van der Waals surface area contributed by atoms with E-state index in [1.165, 1.54) is 0 Å². The fourth-order valence-electron chi connectivity index (χ4n) is 1.93. The first-order valence-electron chi connectivity index (χ1n) is 7.10. The Balaban J connectivity index is 2.89. The van der Waals surface area contributed by atoms with Crippen LogP contribution >= 0.6 is 0 Å². The number of hydrogen-bond donors (Lipinski definition) is 2. The second-order valence-electron chi connectivity index (χ2n) is 5.41. The molecule has 20 heavy (non-hydrogen) atoms. The zero-order valence-corrected chi connectivity index (χ0v) is 13.4. The van der Waals surface area contributed by atoms with Crippen LogP contribution in [-0.4, -0.2) is 23.8 Å². The number of anilines is 2. The molecule has 0 spiro atoms. The van der Waals surface area contributed by atoms with E-state index in [1.54, 1.807) is 0 Å². The molecule has 0 aromatic heterocycles. The SMILES string of the molecule is CC(=NC(C)C)Nc1ccccc1NC(C)=NC(C)C. The van der Waals surface area contributed by atoms with Crippen molar-refractivity contribution in [3.63, 3.8) is 0 Å². The number of amidine groups is 2. The molecular formula is C16H26N4. The highest BCUT2D eigenvalue weighted by molar-refractivity contribution is 6.01. The van der Waals surface area contributed by atoms with Gasteiger partial charge < -0.3 is 10.6 Å². The maximum Gasteiger partial charge on any atom is 0.0979 e. The van der Waals surface area contributed by atoms with Crippen molar-refractivity contribution in [3.05, 3.63) is 24.3 Å². The van der Waals surface area contributed by atoms with Gasteiger partial charge in [-0.3, -0.25) is 9.98 Å². The summed E-state index contributed by atoms with van der Waals surface area (Å²) in [7, 11) is 0. The number of aliphatic imine (C=N–C) groups is 2. The highest BCUT2D eigenvalue weighted by atomic mass is 15.1. The average molecular weight is 274 g/mol. The van der Waals surface area contributed by atoms with Crippen molar-refractivity contribution in [1.29, 1.82) is 0 Å². The topological polar surface area (TPSA) is 48.8 Å². The maximum atomic E-state index is 4.49. The number of benzene rings is 1. The summed E-state index contributed by atoms with van der Waals surface area (Å²) in [5.41, 5.74) is 2.01. The smallest absolute Gasteiger partial charge is 0.0979 e. The van der Waals surface area contributed by atoms with Crippen molar-refractivity contribution in [2.45, 2.75) is 53.6 Å². The molecule has 1 rings (SSSR count). The van der Waals surface area contributed by atoms with Crippen molar-refractivity contribution < 1.29 is 0 Å². The van der Waals surface area contributed by atoms with E-state index in [0.717, 1.165) is 23.0 Å². The number of rotatable bonds is 4. The Morgan fingerprint density at radius 3 is 1.45 bits per heavy atom. The highest BCUT2D eigenvalue weighted by Crippen LogP contribution is 2.21. The minimum Gasteiger partial charge on any atom is -0.343 e. The summed E-state index contributed by atoms with van der Waals surface area (Å²) >= 11 is 0. The van der Waals surface area contributed by atoms with Gasteiger partial charge in [0.05, 0.1) is 23.0 Å². The van der Waals surface area contributed by atoms with Gasteiger partial charge in [0.25, 0.3) is 0 Å². The molecule has 1 aromatic rings. The molecule has 0 amide bonds. The number of nitrogens with one attached hydrogen (secondary N) is 2. The Bertz CT molecular complexity index is 442. The van der Waals surface area contributed by atoms with E-state index in [-0.39, 0.29) is 12.1 Å². The Morgan fingerprint density at radius 2 is 1.15 bits per heavy atom. The number of nitrogens with zero attached hydrogens (tertiary/aromatic N) is 2. The summed E-state index contributed by atoms with van der Waals surface area (Å²) in [4.78, 5) is 8.98. The zero-order valence-electron chi connectivity index (χ0n) is 13.4. The Morgan fingerprint density at radius 1 is 0.800 bits per heavy atom. The second-order valence-corrected chi connectivity index (χ2v) is 5.41. The first-order valence-corrected chi connectivity index (χ1v) is 7.10. The molecule has 0 saturated carbocycles. The first-order chi connectivity index (χ1) is 9.38. The fraction of sp³-hybridized carbons (Fsp3) is 0.500. The molecule has 0 bridgehead atoms. The van der Waals surface area contributed by atoms with Crippen molar-refractivity contribution in [1.82, 2.24) is 0 Å². The van der Waals surface area contributed by atoms with E-state index < -0.39 is 0 Å². The van der Waals surface area contributed by atoms with Crippen LogP contribution < -0.4 is 10.6 Å². The standard InChI is InChI=1S/C16H26N4/c1-11(2)17-13(5)19-15-9-7-8-10-16(15)20-14(6)18-12(3)4/h7-12H,1-6H3,(H,17,19)(H,18,20). The second kappa shape index (κ2) is 7.68. The first kappa shape index (κ1) is 16.2. The van der Waals surface area contributed by atoms with Gasteiger partial charge in [-0.15, -0.1) is 0 Å². The van der Waals surface area contributed by atoms with Crippen molar-refractivity contribution in [2.24, 2.45) is 9.98 Å². The van der Waals surface area contributed by atoms with Gasteiger partial charge in [-0.2, -0.15) is 0 Å². The summed E-state index contributed by atoms with van der Waals surface area (Å²) in [6.07, 6.45) is 0. The maximum absolute atomic E-state index is 4.49. The van der Waals surface area contributed by atoms with Crippen LogP contribution in [0.25, 0.3) is 0 Å². The summed E-state index contributed by atoms with van der Waals surface area (Å²) in [6.45, 7) is 12.2. The Hall–Kier alpha value is -1.84. The molecule has 1 aromatic carbocycles. The molecule has 0 unspecified atom stereocenters. The van der Waals surface area contributed by atoms with Crippen LogP contribution in [0.3, 0.4) is 0 Å². The minimum atomic E-state index is 0.284. The molecule has 0 atom stereocenters. The van der Waals surface area contributed by atoms with E-state index in [4.69, 9.17) is 0 Å². The van der Waals surface area contributed by atoms with E-state index in [1.807, 2.05) is 38.1 Å². The van der Waals surface area contributed by atoms with Crippen molar-refractivity contribution in [2.75, 3.05) is 10.6 Å². The molecule has 0 aliphatic heterocycles. The van der Waals surface area contributed by atoms with Crippen LogP contribution in [-0.2, 0) is 0 Å². The van der Waals surface area contributed by atoms with E-state index in [9.17, 15) is 0 Å². The summed E-state index contributed by atoms with van der Waals surface area (Å²) < 4.78 is 0. The normalized spacial score (nSPS) is 13.0. The molecule has 2 N–H and O–H groups in total. The zero-order chi connectivity index (χ0) is 15.1. The summed E-state index contributed by atoms with van der Waals surface area (Å²) in [5.74, 6) is 1.82. The van der Waals surface area contributed by atoms with Gasteiger partial charge in [0.2, 0.25) is 0 Å². The molecule has 0 heterocycles. The fourth-order valence-corrected chi connectivity index (χ4v) is 1.93. The van der Waals surface area contributed by atoms with Gasteiger partial charge in [0.15, 0.2) is 0 Å². The van der Waals surface area contributed by atoms with Crippen LogP contribution in [0.5, 0.6) is 0 Å². The molecule has 4 nitrogen and oxygen atoms in total.